The van der Waals surface area contributed by atoms with Gasteiger partial charge in [0.05, 0.1) is 12.5 Å². The molecule has 0 aliphatic heterocycles. The van der Waals surface area contributed by atoms with Crippen molar-refractivity contribution in [2.75, 3.05) is 17.8 Å². The van der Waals surface area contributed by atoms with E-state index in [0.29, 0.717) is 5.75 Å². The van der Waals surface area contributed by atoms with Crippen molar-refractivity contribution < 1.29 is 34.2 Å². The monoisotopic (exact) mass is 466 g/mol. The molecule has 0 aliphatic rings. The average Bonchev–Trinajstić information content (AvgIpc) is 2.66. The number of nitrogens with two attached hydrogens (primary N) is 1. The minimum atomic E-state index is -1.53. The molecule has 0 rings (SSSR count). The van der Waals surface area contributed by atoms with Crippen LogP contribution in [0.4, 0.5) is 0 Å². The van der Waals surface area contributed by atoms with Crippen LogP contribution in [0.5, 0.6) is 0 Å². The molecular formula is C17H30N4O7S2. The van der Waals surface area contributed by atoms with Gasteiger partial charge in [0, 0.05) is 5.75 Å². The van der Waals surface area contributed by atoms with Gasteiger partial charge in [-0.15, -0.1) is 0 Å². The molecule has 0 aromatic rings. The molecule has 0 fully saturated rings. The third-order valence-electron chi connectivity index (χ3n) is 4.02. The van der Waals surface area contributed by atoms with Crippen LogP contribution in [0.1, 0.15) is 26.7 Å². The van der Waals surface area contributed by atoms with Crippen LogP contribution < -0.4 is 21.7 Å². The minimum Gasteiger partial charge on any atom is -0.481 e. The van der Waals surface area contributed by atoms with E-state index in [1.165, 1.54) is 11.8 Å². The van der Waals surface area contributed by atoms with Crippen LogP contribution >= 0.6 is 24.4 Å². The number of carbonyl (C=O) groups excluding carboxylic acids is 3. The number of amides is 3. The molecule has 0 saturated carbocycles. The maximum absolute atomic E-state index is 12.6. The molecule has 0 radical (unpaired) electrons. The molecule has 172 valence electrons. The Morgan fingerprint density at radius 1 is 0.967 bits per heavy atom. The zero-order valence-electron chi connectivity index (χ0n) is 17.1. The van der Waals surface area contributed by atoms with Crippen molar-refractivity contribution in [2.24, 2.45) is 11.7 Å². The number of thiol groups is 1. The fourth-order valence-corrected chi connectivity index (χ4v) is 2.93. The fraction of sp³-hybridized carbons (Fsp3) is 0.706. The Bertz CT molecular complexity index is 633. The Balaban J connectivity index is 5.38. The number of thioether (sulfide) groups is 1. The second-order valence-corrected chi connectivity index (χ2v) is 8.21. The van der Waals surface area contributed by atoms with Gasteiger partial charge >= 0.3 is 11.9 Å². The van der Waals surface area contributed by atoms with Crippen molar-refractivity contribution in [2.45, 2.75) is 50.9 Å². The summed E-state index contributed by atoms with van der Waals surface area (Å²) in [6.07, 6.45) is 1.14. The number of rotatable bonds is 14. The molecule has 4 unspecified atom stereocenters. The summed E-state index contributed by atoms with van der Waals surface area (Å²) in [5.74, 6) is -4.89. The minimum absolute atomic E-state index is 0.0505. The third-order valence-corrected chi connectivity index (χ3v) is 5.05. The smallest absolute Gasteiger partial charge is 0.326 e. The molecule has 4 atom stereocenters. The van der Waals surface area contributed by atoms with Crippen molar-refractivity contribution in [1.82, 2.24) is 16.0 Å². The molecule has 0 bridgehead atoms. The van der Waals surface area contributed by atoms with Gasteiger partial charge in [0.2, 0.25) is 17.7 Å². The summed E-state index contributed by atoms with van der Waals surface area (Å²) in [6.45, 7) is 3.29. The van der Waals surface area contributed by atoms with Crippen molar-refractivity contribution in [3.8, 4) is 0 Å². The summed E-state index contributed by atoms with van der Waals surface area (Å²) in [7, 11) is 0. The first-order valence-corrected chi connectivity index (χ1v) is 11.2. The first-order valence-electron chi connectivity index (χ1n) is 9.15. The molecule has 0 spiro atoms. The van der Waals surface area contributed by atoms with Crippen molar-refractivity contribution in [3.05, 3.63) is 0 Å². The normalized spacial score (nSPS) is 14.9. The van der Waals surface area contributed by atoms with Crippen LogP contribution in [-0.4, -0.2) is 81.8 Å². The van der Waals surface area contributed by atoms with Gasteiger partial charge in [-0.3, -0.25) is 19.2 Å². The van der Waals surface area contributed by atoms with Crippen LogP contribution in [0, 0.1) is 5.92 Å². The molecule has 3 amide bonds. The van der Waals surface area contributed by atoms with E-state index < -0.39 is 66.2 Å². The standard InChI is InChI=1S/C17H30N4O7S2/c1-8(2)13(21-14(24)9(18)7-29)16(26)20-11(6-12(22)23)15(25)19-10(17(27)28)4-5-30-3/h8-11,13,29H,4-7,18H2,1-3H3,(H,19,25)(H,20,26)(H,21,24)(H,22,23)(H,27,28). The predicted molar refractivity (Wildman–Crippen MR) is 115 cm³/mol. The molecule has 0 heterocycles. The highest BCUT2D eigenvalue weighted by Gasteiger charge is 2.32. The summed E-state index contributed by atoms with van der Waals surface area (Å²) >= 11 is 5.31. The SMILES string of the molecule is CSCCC(NC(=O)C(CC(=O)O)NC(=O)C(NC(=O)C(N)CS)C(C)C)C(=O)O. The molecule has 0 aliphatic carbocycles. The Hall–Kier alpha value is -1.99. The van der Waals surface area contributed by atoms with E-state index in [1.54, 1.807) is 20.1 Å². The second kappa shape index (κ2) is 14.1. The summed E-state index contributed by atoms with van der Waals surface area (Å²) in [4.78, 5) is 59.6. The zero-order valence-corrected chi connectivity index (χ0v) is 18.8. The quantitative estimate of drug-likeness (QED) is 0.152. The number of carboxylic acid groups (broad SMARTS) is 2. The maximum atomic E-state index is 12.6. The van der Waals surface area contributed by atoms with Gasteiger partial charge in [0.25, 0.3) is 0 Å². The van der Waals surface area contributed by atoms with E-state index in [1.807, 2.05) is 0 Å². The molecular weight excluding hydrogens is 436 g/mol. The Kier molecular flexibility index (Phi) is 13.2. The number of carbonyl (C=O) groups is 5. The van der Waals surface area contributed by atoms with Crippen LogP contribution in [-0.2, 0) is 24.0 Å². The topological polar surface area (TPSA) is 188 Å². The van der Waals surface area contributed by atoms with Gasteiger partial charge in [-0.25, -0.2) is 4.79 Å². The molecule has 13 heteroatoms. The van der Waals surface area contributed by atoms with E-state index in [2.05, 4.69) is 28.6 Å². The number of hydrogen-bond acceptors (Lipinski definition) is 8. The molecule has 7 N–H and O–H groups in total. The van der Waals surface area contributed by atoms with Crippen LogP contribution in [0.3, 0.4) is 0 Å². The van der Waals surface area contributed by atoms with Crippen molar-refractivity contribution in [1.29, 1.82) is 0 Å². The molecule has 0 aromatic heterocycles. The van der Waals surface area contributed by atoms with Gasteiger partial charge in [-0.1, -0.05) is 13.8 Å². The second-order valence-electron chi connectivity index (χ2n) is 6.86. The summed E-state index contributed by atoms with van der Waals surface area (Å²) in [5, 5.41) is 25.3. The summed E-state index contributed by atoms with van der Waals surface area (Å²) in [6, 6.07) is -4.79. The fourth-order valence-electron chi connectivity index (χ4n) is 2.29. The van der Waals surface area contributed by atoms with E-state index in [9.17, 15) is 29.1 Å². The number of hydrogen-bond donors (Lipinski definition) is 7. The van der Waals surface area contributed by atoms with Crippen LogP contribution in [0.15, 0.2) is 0 Å². The highest BCUT2D eigenvalue weighted by molar-refractivity contribution is 7.98. The number of aliphatic carboxylic acids is 2. The van der Waals surface area contributed by atoms with Gasteiger partial charge < -0.3 is 31.9 Å². The van der Waals surface area contributed by atoms with E-state index in [4.69, 9.17) is 10.8 Å². The first kappa shape index (κ1) is 28.0. The Morgan fingerprint density at radius 2 is 1.53 bits per heavy atom. The maximum Gasteiger partial charge on any atom is 0.326 e. The lowest BCUT2D eigenvalue weighted by atomic mass is 10.0. The Morgan fingerprint density at radius 3 is 1.97 bits per heavy atom. The third kappa shape index (κ3) is 10.2. The van der Waals surface area contributed by atoms with Gasteiger partial charge in [0.1, 0.15) is 18.1 Å². The van der Waals surface area contributed by atoms with Gasteiger partial charge in [-0.05, 0) is 24.3 Å². The largest absolute Gasteiger partial charge is 0.481 e. The van der Waals surface area contributed by atoms with Gasteiger partial charge in [-0.2, -0.15) is 24.4 Å². The predicted octanol–water partition coefficient (Wildman–Crippen LogP) is -1.33. The van der Waals surface area contributed by atoms with E-state index in [0.717, 1.165) is 0 Å². The lowest BCUT2D eigenvalue weighted by molar-refractivity contribution is -0.143. The van der Waals surface area contributed by atoms with Crippen molar-refractivity contribution >= 4 is 54.1 Å². The Labute approximate surface area is 184 Å². The summed E-state index contributed by atoms with van der Waals surface area (Å²) < 4.78 is 0. The highest BCUT2D eigenvalue weighted by atomic mass is 32.2. The molecule has 30 heavy (non-hydrogen) atoms. The number of nitrogens with one attached hydrogen (secondary N) is 3. The summed E-state index contributed by atoms with van der Waals surface area (Å²) in [5.41, 5.74) is 5.58. The highest BCUT2D eigenvalue weighted by Crippen LogP contribution is 2.06. The first-order chi connectivity index (χ1) is 13.9. The van der Waals surface area contributed by atoms with E-state index in [-0.39, 0.29) is 12.2 Å². The van der Waals surface area contributed by atoms with E-state index >= 15 is 0 Å². The zero-order chi connectivity index (χ0) is 23.4. The van der Waals surface area contributed by atoms with Gasteiger partial charge in [0.15, 0.2) is 0 Å². The lowest BCUT2D eigenvalue weighted by Crippen LogP contribution is -2.59. The molecule has 11 nitrogen and oxygen atoms in total. The number of carboxylic acids is 2. The van der Waals surface area contributed by atoms with Crippen LogP contribution in [0.25, 0.3) is 0 Å². The van der Waals surface area contributed by atoms with Crippen molar-refractivity contribution in [3.63, 3.8) is 0 Å². The lowest BCUT2D eigenvalue weighted by Gasteiger charge is -2.26. The average molecular weight is 467 g/mol. The van der Waals surface area contributed by atoms with Crippen LogP contribution in [0.2, 0.25) is 0 Å². The molecule has 0 aromatic carbocycles. The molecule has 0 saturated heterocycles.